The minimum atomic E-state index is -3.60. The highest BCUT2D eigenvalue weighted by atomic mass is 32.2. The van der Waals surface area contributed by atoms with Crippen LogP contribution in [0.4, 0.5) is 11.5 Å². The van der Waals surface area contributed by atoms with Crippen LogP contribution in [-0.2, 0) is 10.0 Å². The summed E-state index contributed by atoms with van der Waals surface area (Å²) < 4.78 is 33.1. The maximum atomic E-state index is 12.6. The first kappa shape index (κ1) is 20.3. The first-order valence-electron chi connectivity index (χ1n) is 9.38. The van der Waals surface area contributed by atoms with Crippen molar-refractivity contribution in [2.45, 2.75) is 31.6 Å². The molecule has 152 valence electrons. The van der Waals surface area contributed by atoms with Crippen molar-refractivity contribution in [3.63, 3.8) is 0 Å². The van der Waals surface area contributed by atoms with Crippen molar-refractivity contribution in [3.8, 4) is 5.75 Å². The molecule has 0 unspecified atom stereocenters. The Labute approximate surface area is 166 Å². The Morgan fingerprint density at radius 1 is 1.14 bits per heavy atom. The molecule has 1 aromatic carbocycles. The second kappa shape index (κ2) is 8.74. The quantitative estimate of drug-likeness (QED) is 0.649. The van der Waals surface area contributed by atoms with E-state index in [1.165, 1.54) is 12.8 Å². The molecule has 0 saturated carbocycles. The molecule has 0 spiro atoms. The van der Waals surface area contributed by atoms with Gasteiger partial charge in [0.15, 0.2) is 5.82 Å². The lowest BCUT2D eigenvalue weighted by Crippen LogP contribution is -2.29. The Hall–Kier alpha value is -2.39. The number of hydrogen-bond donors (Lipinski definition) is 2. The smallest absolute Gasteiger partial charge is 0.240 e. The zero-order chi connectivity index (χ0) is 20.1. The summed E-state index contributed by atoms with van der Waals surface area (Å²) in [4.78, 5) is 2.54. The van der Waals surface area contributed by atoms with Crippen molar-refractivity contribution >= 4 is 21.5 Å². The first-order chi connectivity index (χ1) is 13.4. The molecule has 0 atom stereocenters. The number of ether oxygens (including phenoxy) is 1. The van der Waals surface area contributed by atoms with Crippen LogP contribution in [0.2, 0.25) is 0 Å². The molecule has 9 heteroatoms. The fourth-order valence-corrected chi connectivity index (χ4v) is 4.66. The molecular formula is C19H27N5O3S. The Morgan fingerprint density at radius 2 is 1.89 bits per heavy atom. The monoisotopic (exact) mass is 405 g/mol. The average molecular weight is 406 g/mol. The van der Waals surface area contributed by atoms with Crippen LogP contribution >= 0.6 is 0 Å². The molecule has 0 bridgehead atoms. The van der Waals surface area contributed by atoms with Crippen LogP contribution in [0.1, 0.15) is 24.0 Å². The van der Waals surface area contributed by atoms with Crippen molar-refractivity contribution in [2.75, 3.05) is 43.5 Å². The number of methoxy groups -OCH3 is 1. The highest BCUT2D eigenvalue weighted by Gasteiger charge is 2.19. The van der Waals surface area contributed by atoms with E-state index in [1.54, 1.807) is 32.4 Å². The van der Waals surface area contributed by atoms with Crippen LogP contribution in [0.15, 0.2) is 29.3 Å². The molecule has 28 heavy (non-hydrogen) atoms. The molecule has 1 aliphatic rings. The summed E-state index contributed by atoms with van der Waals surface area (Å²) in [7, 11) is -2.03. The van der Waals surface area contributed by atoms with Gasteiger partial charge >= 0.3 is 0 Å². The first-order valence-corrected chi connectivity index (χ1v) is 10.9. The van der Waals surface area contributed by atoms with Crippen molar-refractivity contribution in [1.82, 2.24) is 14.9 Å². The molecule has 0 aliphatic carbocycles. The molecule has 1 fully saturated rings. The number of benzene rings is 1. The van der Waals surface area contributed by atoms with Crippen LogP contribution in [0, 0.1) is 13.8 Å². The lowest BCUT2D eigenvalue weighted by molar-refractivity contribution is 0.410. The lowest BCUT2D eigenvalue weighted by atomic mass is 10.1. The molecule has 0 radical (unpaired) electrons. The molecule has 2 aromatic rings. The molecule has 0 amide bonds. The van der Waals surface area contributed by atoms with E-state index in [2.05, 4.69) is 25.1 Å². The van der Waals surface area contributed by atoms with E-state index >= 15 is 0 Å². The van der Waals surface area contributed by atoms with Crippen LogP contribution in [-0.4, -0.2) is 51.9 Å². The number of aromatic nitrogens is 2. The number of nitrogens with zero attached hydrogens (tertiary/aromatic N) is 3. The maximum Gasteiger partial charge on any atom is 0.240 e. The molecular weight excluding hydrogens is 378 g/mol. The van der Waals surface area contributed by atoms with Gasteiger partial charge < -0.3 is 15.0 Å². The third-order valence-corrected chi connectivity index (χ3v) is 6.64. The summed E-state index contributed by atoms with van der Waals surface area (Å²) in [6.45, 7) is 6.34. The highest BCUT2D eigenvalue weighted by molar-refractivity contribution is 7.89. The van der Waals surface area contributed by atoms with Crippen LogP contribution in [0.25, 0.3) is 0 Å². The van der Waals surface area contributed by atoms with E-state index in [0.717, 1.165) is 24.3 Å². The van der Waals surface area contributed by atoms with Crippen LogP contribution in [0.3, 0.4) is 0 Å². The molecule has 3 rings (SSSR count). The van der Waals surface area contributed by atoms with Gasteiger partial charge in [-0.2, -0.15) is 5.10 Å². The van der Waals surface area contributed by atoms with Gasteiger partial charge in [0.05, 0.1) is 23.9 Å². The van der Waals surface area contributed by atoms with Gasteiger partial charge in [-0.1, -0.05) is 0 Å². The minimum absolute atomic E-state index is 0.239. The van der Waals surface area contributed by atoms with Crippen LogP contribution < -0.4 is 19.7 Å². The van der Waals surface area contributed by atoms with E-state index in [-0.39, 0.29) is 11.4 Å². The zero-order valence-corrected chi connectivity index (χ0v) is 17.3. The predicted molar refractivity (Wildman–Crippen MR) is 110 cm³/mol. The fourth-order valence-electron chi connectivity index (χ4n) is 3.33. The van der Waals surface area contributed by atoms with Crippen molar-refractivity contribution in [3.05, 3.63) is 35.5 Å². The second-order valence-corrected chi connectivity index (χ2v) is 8.57. The standard InChI is InChI=1S/C19H27N5O3S/c1-14-15(2)18(7-6-17(14)27-3)28(25,26)22-9-8-20-19-12-16(13-21-23-19)24-10-4-5-11-24/h6-7,12-13,22H,4-5,8-11H2,1-3H3,(H,20,23). The van der Waals surface area contributed by atoms with Gasteiger partial charge in [-0.3, -0.25) is 0 Å². The molecule has 1 aromatic heterocycles. The number of hydrogen-bond acceptors (Lipinski definition) is 7. The SMILES string of the molecule is COc1ccc(S(=O)(=O)NCCNc2cc(N3CCCC3)cnn2)c(C)c1C. The van der Waals surface area contributed by atoms with Crippen molar-refractivity contribution in [1.29, 1.82) is 0 Å². The van der Waals surface area contributed by atoms with Gasteiger partial charge in [-0.25, -0.2) is 13.1 Å². The normalized spacial score (nSPS) is 14.3. The van der Waals surface area contributed by atoms with Gasteiger partial charge in [0.2, 0.25) is 10.0 Å². The van der Waals surface area contributed by atoms with E-state index < -0.39 is 10.0 Å². The lowest BCUT2D eigenvalue weighted by Gasteiger charge is -2.17. The molecule has 2 heterocycles. The van der Waals surface area contributed by atoms with E-state index in [1.807, 2.05) is 13.0 Å². The maximum absolute atomic E-state index is 12.6. The Morgan fingerprint density at radius 3 is 2.61 bits per heavy atom. The number of sulfonamides is 1. The summed E-state index contributed by atoms with van der Waals surface area (Å²) in [5.41, 5.74) is 2.54. The highest BCUT2D eigenvalue weighted by Crippen LogP contribution is 2.26. The summed E-state index contributed by atoms with van der Waals surface area (Å²) in [6, 6.07) is 5.19. The largest absolute Gasteiger partial charge is 0.496 e. The van der Waals surface area contributed by atoms with Gasteiger partial charge in [0.1, 0.15) is 5.75 Å². The molecule has 2 N–H and O–H groups in total. The summed E-state index contributed by atoms with van der Waals surface area (Å²) in [6.07, 6.45) is 4.14. The Balaban J connectivity index is 1.58. The number of nitrogens with one attached hydrogen (secondary N) is 2. The van der Waals surface area contributed by atoms with Crippen molar-refractivity contribution < 1.29 is 13.2 Å². The Kier molecular flexibility index (Phi) is 6.35. The third kappa shape index (κ3) is 4.53. The summed E-state index contributed by atoms with van der Waals surface area (Å²) in [5, 5.41) is 11.2. The van der Waals surface area contributed by atoms with Crippen LogP contribution in [0.5, 0.6) is 5.75 Å². The number of anilines is 2. The van der Waals surface area contributed by atoms with E-state index in [4.69, 9.17) is 4.74 Å². The fraction of sp³-hybridized carbons (Fsp3) is 0.474. The van der Waals surface area contributed by atoms with E-state index in [9.17, 15) is 8.42 Å². The van der Waals surface area contributed by atoms with E-state index in [0.29, 0.717) is 23.7 Å². The summed E-state index contributed by atoms with van der Waals surface area (Å²) in [5.74, 6) is 1.31. The molecule has 1 aliphatic heterocycles. The van der Waals surface area contributed by atoms with Crippen molar-refractivity contribution in [2.24, 2.45) is 0 Å². The number of rotatable bonds is 8. The second-order valence-electron chi connectivity index (χ2n) is 6.83. The molecule has 8 nitrogen and oxygen atoms in total. The Bertz CT molecular complexity index is 927. The average Bonchev–Trinajstić information content (AvgIpc) is 3.22. The van der Waals surface area contributed by atoms with Gasteiger partial charge in [0.25, 0.3) is 0 Å². The van der Waals surface area contributed by atoms with Gasteiger partial charge in [-0.05, 0) is 49.9 Å². The molecule has 1 saturated heterocycles. The summed E-state index contributed by atoms with van der Waals surface area (Å²) >= 11 is 0. The van der Waals surface area contributed by atoms with Gasteiger partial charge in [-0.15, -0.1) is 5.10 Å². The minimum Gasteiger partial charge on any atom is -0.496 e. The van der Waals surface area contributed by atoms with Gasteiger partial charge in [0, 0.05) is 32.2 Å². The zero-order valence-electron chi connectivity index (χ0n) is 16.5. The predicted octanol–water partition coefficient (Wildman–Crippen LogP) is 2.09. The topological polar surface area (TPSA) is 96.5 Å². The third-order valence-electron chi connectivity index (χ3n) is 5.03.